The van der Waals surface area contributed by atoms with E-state index in [0.29, 0.717) is 27.2 Å². The number of carbonyl (C=O) groups excluding carboxylic acids is 1. The highest BCUT2D eigenvalue weighted by molar-refractivity contribution is 9.10. The number of benzene rings is 1. The van der Waals surface area contributed by atoms with Crippen molar-refractivity contribution >= 4 is 50.6 Å². The summed E-state index contributed by atoms with van der Waals surface area (Å²) in [6.07, 6.45) is 1.84. The van der Waals surface area contributed by atoms with Crippen LogP contribution in [0.3, 0.4) is 0 Å². The minimum atomic E-state index is -0.571. The number of thiazole rings is 1. The van der Waals surface area contributed by atoms with E-state index < -0.39 is 12.0 Å². The number of nitrogens with zero attached hydrogens (tertiary/aromatic N) is 2. The highest BCUT2D eigenvalue weighted by atomic mass is 79.9. The first kappa shape index (κ1) is 21.9. The Morgan fingerprint density at radius 3 is 2.71 bits per heavy atom. The second-order valence-corrected chi connectivity index (χ2v) is 9.68. The van der Waals surface area contributed by atoms with Crippen LogP contribution in [0, 0.1) is 0 Å². The van der Waals surface area contributed by atoms with Gasteiger partial charge in [0.25, 0.3) is 5.56 Å². The Hall–Kier alpha value is -2.33. The van der Waals surface area contributed by atoms with E-state index in [1.165, 1.54) is 22.7 Å². The number of carbonyl (C=O) groups is 1. The number of esters is 1. The van der Waals surface area contributed by atoms with E-state index in [-0.39, 0.29) is 12.2 Å². The fourth-order valence-electron chi connectivity index (χ4n) is 3.30. The van der Waals surface area contributed by atoms with Gasteiger partial charge in [0, 0.05) is 16.5 Å². The van der Waals surface area contributed by atoms with Gasteiger partial charge < -0.3 is 9.47 Å². The normalized spacial score (nSPS) is 16.2. The number of ether oxygens (including phenoxy) is 2. The minimum Gasteiger partial charge on any atom is -0.460 e. The van der Waals surface area contributed by atoms with Crippen LogP contribution >= 0.6 is 38.6 Å². The predicted octanol–water partition coefficient (Wildman–Crippen LogP) is 3.25. The van der Waals surface area contributed by atoms with Crippen LogP contribution in [0.1, 0.15) is 23.4 Å². The zero-order valence-corrected chi connectivity index (χ0v) is 20.1. The van der Waals surface area contributed by atoms with Gasteiger partial charge in [-0.25, -0.2) is 9.79 Å². The molecule has 0 saturated heterocycles. The van der Waals surface area contributed by atoms with Crippen LogP contribution in [-0.2, 0) is 14.3 Å². The van der Waals surface area contributed by atoms with Gasteiger partial charge in [0.2, 0.25) is 0 Å². The molecular weight excluding hydrogens is 500 g/mol. The molecule has 2 aromatic heterocycles. The van der Waals surface area contributed by atoms with E-state index in [1.807, 2.05) is 47.9 Å². The molecule has 0 fully saturated rings. The van der Waals surface area contributed by atoms with Gasteiger partial charge in [-0.2, -0.15) is 0 Å². The van der Waals surface area contributed by atoms with Gasteiger partial charge in [0.15, 0.2) is 4.80 Å². The number of fused-ring (bicyclic) bond motifs is 1. The monoisotopic (exact) mass is 518 g/mol. The van der Waals surface area contributed by atoms with Crippen LogP contribution < -0.4 is 14.9 Å². The molecule has 0 unspecified atom stereocenters. The molecule has 0 N–H and O–H groups in total. The molecule has 3 heterocycles. The van der Waals surface area contributed by atoms with E-state index in [9.17, 15) is 9.59 Å². The van der Waals surface area contributed by atoms with Gasteiger partial charge in [-0.15, -0.1) is 11.3 Å². The van der Waals surface area contributed by atoms with Crippen LogP contribution in [-0.4, -0.2) is 30.9 Å². The maximum absolute atomic E-state index is 13.4. The SMILES string of the molecule is COCCOC(=O)C1=C(C)N=c2s/c(=C\c3ccc(Br)cc3)c(=O)n2[C@H]1c1cccs1. The fourth-order valence-corrected chi connectivity index (χ4v) is 5.44. The second kappa shape index (κ2) is 9.44. The summed E-state index contributed by atoms with van der Waals surface area (Å²) in [6, 6.07) is 11.0. The van der Waals surface area contributed by atoms with E-state index >= 15 is 0 Å². The summed E-state index contributed by atoms with van der Waals surface area (Å²) in [5.74, 6) is -0.487. The quantitative estimate of drug-likeness (QED) is 0.371. The van der Waals surface area contributed by atoms with Crippen LogP contribution in [0.4, 0.5) is 0 Å². The Bertz CT molecular complexity index is 1300. The zero-order chi connectivity index (χ0) is 22.0. The van der Waals surface area contributed by atoms with Gasteiger partial charge in [0.1, 0.15) is 12.6 Å². The molecule has 1 aliphatic rings. The highest BCUT2D eigenvalue weighted by Crippen LogP contribution is 2.33. The molecule has 4 rings (SSSR count). The van der Waals surface area contributed by atoms with Crippen molar-refractivity contribution in [1.29, 1.82) is 0 Å². The second-order valence-electron chi connectivity index (χ2n) is 6.78. The van der Waals surface area contributed by atoms with Crippen molar-refractivity contribution in [3.05, 3.63) is 87.6 Å². The molecule has 3 aromatic rings. The maximum atomic E-state index is 13.4. The lowest BCUT2D eigenvalue weighted by atomic mass is 10.0. The summed E-state index contributed by atoms with van der Waals surface area (Å²) >= 11 is 6.23. The molecule has 0 aliphatic carbocycles. The number of hydrogen-bond acceptors (Lipinski definition) is 7. The Kier molecular flexibility index (Phi) is 6.66. The summed E-state index contributed by atoms with van der Waals surface area (Å²) in [4.78, 5) is 32.4. The predicted molar refractivity (Wildman–Crippen MR) is 125 cm³/mol. The first-order chi connectivity index (χ1) is 15.0. The Balaban J connectivity index is 1.84. The largest absolute Gasteiger partial charge is 0.460 e. The molecule has 0 spiro atoms. The van der Waals surface area contributed by atoms with Crippen molar-refractivity contribution in [2.75, 3.05) is 20.3 Å². The molecule has 0 saturated carbocycles. The number of allylic oxidation sites excluding steroid dienone is 1. The van der Waals surface area contributed by atoms with E-state index in [2.05, 4.69) is 20.9 Å². The van der Waals surface area contributed by atoms with Crippen molar-refractivity contribution in [2.45, 2.75) is 13.0 Å². The topological polar surface area (TPSA) is 69.9 Å². The molecule has 1 aromatic carbocycles. The molecular formula is C22H19BrN2O4S2. The number of hydrogen-bond donors (Lipinski definition) is 0. The lowest BCUT2D eigenvalue weighted by Gasteiger charge is -2.23. The average molecular weight is 519 g/mol. The van der Waals surface area contributed by atoms with Crippen molar-refractivity contribution in [3.63, 3.8) is 0 Å². The van der Waals surface area contributed by atoms with Gasteiger partial charge in [-0.1, -0.05) is 45.5 Å². The first-order valence-corrected chi connectivity index (χ1v) is 12.0. The summed E-state index contributed by atoms with van der Waals surface area (Å²) in [5.41, 5.74) is 1.66. The molecule has 6 nitrogen and oxygen atoms in total. The fraction of sp³-hybridized carbons (Fsp3) is 0.227. The van der Waals surface area contributed by atoms with Crippen LogP contribution in [0.15, 0.2) is 67.3 Å². The molecule has 0 bridgehead atoms. The Morgan fingerprint density at radius 2 is 2.03 bits per heavy atom. The zero-order valence-electron chi connectivity index (χ0n) is 16.8. The van der Waals surface area contributed by atoms with Gasteiger partial charge >= 0.3 is 5.97 Å². The van der Waals surface area contributed by atoms with Crippen LogP contribution in [0.2, 0.25) is 0 Å². The first-order valence-electron chi connectivity index (χ1n) is 9.47. The standard InChI is InChI=1S/C22H19BrN2O4S2/c1-13-18(21(27)29-10-9-28-2)19(16-4-3-11-30-16)25-20(26)17(31-22(25)24-13)12-14-5-7-15(23)8-6-14/h3-8,11-12,19H,9-10H2,1-2H3/b17-12-/t19-/m0/s1. The molecule has 0 amide bonds. The smallest absolute Gasteiger partial charge is 0.338 e. The Morgan fingerprint density at radius 1 is 1.26 bits per heavy atom. The molecule has 1 atom stereocenters. The van der Waals surface area contributed by atoms with Crippen LogP contribution in [0.25, 0.3) is 6.08 Å². The van der Waals surface area contributed by atoms with Crippen molar-refractivity contribution in [1.82, 2.24) is 4.57 Å². The molecule has 0 radical (unpaired) electrons. The number of halogens is 1. The Labute approximate surface area is 194 Å². The van der Waals surface area contributed by atoms with Gasteiger partial charge in [-0.05, 0) is 42.1 Å². The molecule has 31 heavy (non-hydrogen) atoms. The van der Waals surface area contributed by atoms with Crippen molar-refractivity contribution in [2.24, 2.45) is 4.99 Å². The third-order valence-corrected chi connectivity index (χ3v) is 7.18. The molecule has 160 valence electrons. The lowest BCUT2D eigenvalue weighted by Crippen LogP contribution is -2.39. The number of methoxy groups -OCH3 is 1. The summed E-state index contributed by atoms with van der Waals surface area (Å²) in [7, 11) is 1.55. The number of aromatic nitrogens is 1. The van der Waals surface area contributed by atoms with Gasteiger partial charge in [0.05, 0.1) is 22.4 Å². The number of rotatable bonds is 6. The summed E-state index contributed by atoms with van der Waals surface area (Å²) in [6.45, 7) is 2.21. The highest BCUT2D eigenvalue weighted by Gasteiger charge is 2.33. The minimum absolute atomic E-state index is 0.136. The average Bonchev–Trinajstić information content (AvgIpc) is 3.38. The van der Waals surface area contributed by atoms with Crippen molar-refractivity contribution < 1.29 is 14.3 Å². The molecule has 1 aliphatic heterocycles. The molecule has 9 heteroatoms. The maximum Gasteiger partial charge on any atom is 0.338 e. The summed E-state index contributed by atoms with van der Waals surface area (Å²) in [5, 5.41) is 1.93. The van der Waals surface area contributed by atoms with E-state index in [4.69, 9.17) is 9.47 Å². The van der Waals surface area contributed by atoms with Gasteiger partial charge in [-0.3, -0.25) is 9.36 Å². The van der Waals surface area contributed by atoms with E-state index in [0.717, 1.165) is 14.9 Å². The van der Waals surface area contributed by atoms with E-state index in [1.54, 1.807) is 18.6 Å². The third kappa shape index (κ3) is 4.50. The van der Waals surface area contributed by atoms with Crippen molar-refractivity contribution in [3.8, 4) is 0 Å². The lowest BCUT2D eigenvalue weighted by molar-refractivity contribution is -0.140. The van der Waals surface area contributed by atoms with Crippen LogP contribution in [0.5, 0.6) is 0 Å². The third-order valence-electron chi connectivity index (χ3n) is 4.74. The number of thiophene rings is 1. The summed E-state index contributed by atoms with van der Waals surface area (Å²) < 4.78 is 13.5.